The molecule has 0 saturated heterocycles. The fraction of sp³-hybridized carbons (Fsp3) is 0.188. The van der Waals surface area contributed by atoms with E-state index >= 15 is 0 Å². The van der Waals surface area contributed by atoms with E-state index in [9.17, 15) is 4.79 Å². The lowest BCUT2D eigenvalue weighted by atomic mass is 10.2. The van der Waals surface area contributed by atoms with E-state index in [1.54, 1.807) is 12.1 Å². The van der Waals surface area contributed by atoms with Crippen LogP contribution in [-0.2, 0) is 6.54 Å². The molecule has 0 amide bonds. The van der Waals surface area contributed by atoms with Crippen LogP contribution in [0.15, 0.2) is 53.3 Å². The topological polar surface area (TPSA) is 59.8 Å². The lowest BCUT2D eigenvalue weighted by Gasteiger charge is -2.08. The van der Waals surface area contributed by atoms with Crippen molar-refractivity contribution >= 4 is 16.6 Å². The van der Waals surface area contributed by atoms with Crippen LogP contribution >= 0.6 is 0 Å². The van der Waals surface area contributed by atoms with E-state index < -0.39 is 0 Å². The number of rotatable bonds is 4. The van der Waals surface area contributed by atoms with E-state index in [0.717, 1.165) is 5.69 Å². The number of hydrogen-bond acceptors (Lipinski definition) is 4. The maximum Gasteiger partial charge on any atom is 0.277 e. The Morgan fingerprint density at radius 3 is 2.67 bits per heavy atom. The number of nitrogens with zero attached hydrogens (tertiary/aromatic N) is 3. The van der Waals surface area contributed by atoms with Crippen molar-refractivity contribution in [3.05, 3.63) is 64.4 Å². The molecule has 106 valence electrons. The molecule has 5 heteroatoms. The first-order chi connectivity index (χ1) is 10.2. The van der Waals surface area contributed by atoms with Gasteiger partial charge in [-0.2, -0.15) is 0 Å². The van der Waals surface area contributed by atoms with E-state index in [2.05, 4.69) is 15.6 Å². The number of aromatic nitrogens is 3. The summed E-state index contributed by atoms with van der Waals surface area (Å²) in [5, 5.41) is 11.9. The van der Waals surface area contributed by atoms with Crippen molar-refractivity contribution in [3.63, 3.8) is 0 Å². The Morgan fingerprint density at radius 1 is 1.10 bits per heavy atom. The first kappa shape index (κ1) is 13.3. The van der Waals surface area contributed by atoms with Crippen LogP contribution in [0.2, 0.25) is 0 Å². The minimum absolute atomic E-state index is 0.105. The monoisotopic (exact) mass is 280 g/mol. The molecule has 1 heterocycles. The maximum atomic E-state index is 12.2. The van der Waals surface area contributed by atoms with Gasteiger partial charge in [-0.3, -0.25) is 4.79 Å². The minimum atomic E-state index is -0.105. The number of hydrogen-bond donors (Lipinski definition) is 1. The first-order valence-electron chi connectivity index (χ1n) is 6.87. The van der Waals surface area contributed by atoms with Crippen LogP contribution in [-0.4, -0.2) is 21.5 Å². The zero-order chi connectivity index (χ0) is 14.7. The first-order valence-corrected chi connectivity index (χ1v) is 6.87. The van der Waals surface area contributed by atoms with Gasteiger partial charge < -0.3 is 5.32 Å². The van der Waals surface area contributed by atoms with Crippen molar-refractivity contribution in [1.82, 2.24) is 15.0 Å². The van der Waals surface area contributed by atoms with Crippen molar-refractivity contribution in [2.24, 2.45) is 0 Å². The second-order valence-electron chi connectivity index (χ2n) is 4.93. The number of aryl methyl sites for hydroxylation is 1. The van der Waals surface area contributed by atoms with Crippen LogP contribution < -0.4 is 10.9 Å². The second kappa shape index (κ2) is 5.75. The number of benzene rings is 2. The summed E-state index contributed by atoms with van der Waals surface area (Å²) in [6.07, 6.45) is 0. The number of fused-ring (bicyclic) bond motifs is 1. The second-order valence-corrected chi connectivity index (χ2v) is 4.93. The largest absolute Gasteiger partial charge is 0.383 e. The lowest BCUT2D eigenvalue weighted by molar-refractivity contribution is 0.566. The maximum absolute atomic E-state index is 12.2. The number of anilines is 1. The molecule has 0 radical (unpaired) electrons. The van der Waals surface area contributed by atoms with E-state index in [4.69, 9.17) is 0 Å². The summed E-state index contributed by atoms with van der Waals surface area (Å²) < 4.78 is 1.39. The van der Waals surface area contributed by atoms with Crippen LogP contribution in [0, 0.1) is 6.92 Å². The zero-order valence-electron chi connectivity index (χ0n) is 11.8. The molecule has 0 atom stereocenters. The van der Waals surface area contributed by atoms with Gasteiger partial charge in [-0.25, -0.2) is 4.68 Å². The van der Waals surface area contributed by atoms with Crippen molar-refractivity contribution in [3.8, 4) is 0 Å². The van der Waals surface area contributed by atoms with Crippen molar-refractivity contribution in [2.75, 3.05) is 11.9 Å². The summed E-state index contributed by atoms with van der Waals surface area (Å²) in [5.74, 6) is 0. The molecule has 21 heavy (non-hydrogen) atoms. The summed E-state index contributed by atoms with van der Waals surface area (Å²) in [6, 6.07) is 15.4. The van der Waals surface area contributed by atoms with Gasteiger partial charge in [0.1, 0.15) is 5.52 Å². The van der Waals surface area contributed by atoms with Gasteiger partial charge in [0.25, 0.3) is 5.56 Å². The molecule has 0 aliphatic heterocycles. The van der Waals surface area contributed by atoms with E-state index in [-0.39, 0.29) is 5.56 Å². The molecule has 0 spiro atoms. The van der Waals surface area contributed by atoms with E-state index in [1.807, 2.05) is 43.3 Å². The highest BCUT2D eigenvalue weighted by molar-refractivity contribution is 5.76. The highest BCUT2D eigenvalue weighted by Crippen LogP contribution is 2.08. The van der Waals surface area contributed by atoms with Crippen molar-refractivity contribution < 1.29 is 0 Å². The highest BCUT2D eigenvalue weighted by Gasteiger charge is 2.04. The SMILES string of the molecule is Cc1ccc(NCCn2nnc3ccccc3c2=O)cc1. The molecule has 1 N–H and O–H groups in total. The van der Waals surface area contributed by atoms with Crippen LogP contribution in [0.5, 0.6) is 0 Å². The normalized spacial score (nSPS) is 10.7. The molecule has 5 nitrogen and oxygen atoms in total. The molecular weight excluding hydrogens is 264 g/mol. The van der Waals surface area contributed by atoms with Gasteiger partial charge in [-0.05, 0) is 31.2 Å². The molecule has 0 aliphatic carbocycles. The average Bonchev–Trinajstić information content (AvgIpc) is 2.52. The summed E-state index contributed by atoms with van der Waals surface area (Å²) in [6.45, 7) is 3.15. The predicted octanol–water partition coefficient (Wildman–Crippen LogP) is 2.21. The zero-order valence-corrected chi connectivity index (χ0v) is 11.8. The van der Waals surface area contributed by atoms with Crippen LogP contribution in [0.1, 0.15) is 5.56 Å². The Balaban J connectivity index is 1.72. The summed E-state index contributed by atoms with van der Waals surface area (Å²) in [7, 11) is 0. The van der Waals surface area contributed by atoms with E-state index in [1.165, 1.54) is 10.2 Å². The molecule has 0 bridgehead atoms. The Hall–Kier alpha value is -2.69. The Labute approximate surface area is 122 Å². The molecule has 1 aromatic heterocycles. The molecule has 0 aliphatic rings. The predicted molar refractivity (Wildman–Crippen MR) is 83.5 cm³/mol. The van der Waals surface area contributed by atoms with Crippen LogP contribution in [0.25, 0.3) is 10.9 Å². The van der Waals surface area contributed by atoms with Gasteiger partial charge in [-0.1, -0.05) is 35.0 Å². The Bertz CT molecular complexity index is 808. The third-order valence-electron chi connectivity index (χ3n) is 3.33. The van der Waals surface area contributed by atoms with Gasteiger partial charge in [0.05, 0.1) is 11.9 Å². The van der Waals surface area contributed by atoms with Gasteiger partial charge in [0.2, 0.25) is 0 Å². The molecule has 3 rings (SSSR count). The van der Waals surface area contributed by atoms with Gasteiger partial charge in [-0.15, -0.1) is 5.10 Å². The third-order valence-corrected chi connectivity index (χ3v) is 3.33. The molecular formula is C16H16N4O. The van der Waals surface area contributed by atoms with Gasteiger partial charge >= 0.3 is 0 Å². The average molecular weight is 280 g/mol. The third kappa shape index (κ3) is 2.91. The Morgan fingerprint density at radius 2 is 1.86 bits per heavy atom. The van der Waals surface area contributed by atoms with Crippen LogP contribution in [0.3, 0.4) is 0 Å². The van der Waals surface area contributed by atoms with Crippen molar-refractivity contribution in [1.29, 1.82) is 0 Å². The number of nitrogens with one attached hydrogen (secondary N) is 1. The molecule has 2 aromatic carbocycles. The molecule has 0 unspecified atom stereocenters. The molecule has 0 fully saturated rings. The quantitative estimate of drug-likeness (QED) is 0.796. The summed E-state index contributed by atoms with van der Waals surface area (Å²) >= 11 is 0. The fourth-order valence-electron chi connectivity index (χ4n) is 2.15. The summed E-state index contributed by atoms with van der Waals surface area (Å²) in [4.78, 5) is 12.2. The van der Waals surface area contributed by atoms with Gasteiger partial charge in [0.15, 0.2) is 0 Å². The lowest BCUT2D eigenvalue weighted by Crippen LogP contribution is -2.27. The Kier molecular flexibility index (Phi) is 3.64. The van der Waals surface area contributed by atoms with Crippen molar-refractivity contribution in [2.45, 2.75) is 13.5 Å². The summed E-state index contributed by atoms with van der Waals surface area (Å²) in [5.41, 5.74) is 2.77. The fourth-order valence-corrected chi connectivity index (χ4v) is 2.15. The van der Waals surface area contributed by atoms with E-state index in [0.29, 0.717) is 24.0 Å². The molecule has 0 saturated carbocycles. The minimum Gasteiger partial charge on any atom is -0.383 e. The van der Waals surface area contributed by atoms with Gasteiger partial charge in [0, 0.05) is 12.2 Å². The smallest absolute Gasteiger partial charge is 0.277 e. The van der Waals surface area contributed by atoms with Crippen LogP contribution in [0.4, 0.5) is 5.69 Å². The molecule has 3 aromatic rings. The highest BCUT2D eigenvalue weighted by atomic mass is 16.1. The standard InChI is InChI=1S/C16H16N4O/c1-12-6-8-13(9-7-12)17-10-11-20-16(21)14-4-2-3-5-15(14)18-19-20/h2-9,17H,10-11H2,1H3.